The third-order valence-electron chi connectivity index (χ3n) is 8.62. The zero-order valence-corrected chi connectivity index (χ0v) is 24.3. The number of carbonyl (C=O) groups excluding carboxylic acids is 3. The lowest BCUT2D eigenvalue weighted by Crippen LogP contribution is -2.55. The van der Waals surface area contributed by atoms with Gasteiger partial charge in [-0.3, -0.25) is 14.4 Å². The van der Waals surface area contributed by atoms with Gasteiger partial charge in [0.05, 0.1) is 23.2 Å². The van der Waals surface area contributed by atoms with Crippen LogP contribution < -0.4 is 4.90 Å². The van der Waals surface area contributed by atoms with Crippen molar-refractivity contribution in [3.63, 3.8) is 0 Å². The molecule has 0 radical (unpaired) electrons. The summed E-state index contributed by atoms with van der Waals surface area (Å²) < 4.78 is 4.48. The minimum absolute atomic E-state index is 0.0927. The smallest absolute Gasteiger partial charge is 0.311 e. The van der Waals surface area contributed by atoms with E-state index in [-0.39, 0.29) is 31.0 Å². The Labute approximate surface area is 236 Å². The molecular formula is C31H42N2O5S. The van der Waals surface area contributed by atoms with Gasteiger partial charge in [-0.25, -0.2) is 0 Å². The number of aliphatic hydroxyl groups excluding tert-OH is 1. The lowest BCUT2D eigenvalue weighted by molar-refractivity contribution is -0.155. The van der Waals surface area contributed by atoms with Gasteiger partial charge >= 0.3 is 5.97 Å². The quantitative estimate of drug-likeness (QED) is 0.218. The minimum Gasteiger partial charge on any atom is -0.465 e. The van der Waals surface area contributed by atoms with E-state index in [0.29, 0.717) is 38.8 Å². The first kappa shape index (κ1) is 29.4. The lowest BCUT2D eigenvalue weighted by Gasteiger charge is -2.37. The molecule has 1 aromatic rings. The molecule has 1 aromatic carbocycles. The second-order valence-corrected chi connectivity index (χ2v) is 13.2. The van der Waals surface area contributed by atoms with Gasteiger partial charge in [0.1, 0.15) is 6.04 Å². The third-order valence-corrected chi connectivity index (χ3v) is 10.6. The lowest BCUT2D eigenvalue weighted by atomic mass is 9.66. The normalized spacial score (nSPS) is 28.9. The molecule has 1 spiro atoms. The molecule has 1 N–H and O–H groups in total. The molecule has 3 aliphatic heterocycles. The Kier molecular flexibility index (Phi) is 8.96. The summed E-state index contributed by atoms with van der Waals surface area (Å²) in [6, 6.07) is 5.35. The maximum Gasteiger partial charge on any atom is 0.311 e. The van der Waals surface area contributed by atoms with Gasteiger partial charge in [-0.05, 0) is 76.5 Å². The van der Waals surface area contributed by atoms with Crippen molar-refractivity contribution in [2.24, 2.45) is 11.8 Å². The van der Waals surface area contributed by atoms with Crippen molar-refractivity contribution in [3.05, 3.63) is 54.6 Å². The predicted molar refractivity (Wildman–Crippen MR) is 156 cm³/mol. The number of hydrogen-bond donors (Lipinski definition) is 1. The summed E-state index contributed by atoms with van der Waals surface area (Å²) in [6.07, 6.45) is 7.50. The van der Waals surface area contributed by atoms with Crippen LogP contribution in [0.3, 0.4) is 0 Å². The number of esters is 1. The van der Waals surface area contributed by atoms with Gasteiger partial charge in [-0.1, -0.05) is 24.3 Å². The van der Waals surface area contributed by atoms with E-state index in [1.54, 1.807) is 33.7 Å². The largest absolute Gasteiger partial charge is 0.465 e. The average Bonchev–Trinajstić information content (AvgIpc) is 3.47. The Bertz CT molecular complexity index is 1140. The number of carbonyl (C=O) groups is 3. The predicted octanol–water partition coefficient (Wildman–Crippen LogP) is 4.59. The number of unbranched alkanes of at least 4 members (excludes halogenated alkanes) is 2. The van der Waals surface area contributed by atoms with Crippen LogP contribution in [0.1, 0.15) is 56.6 Å². The third kappa shape index (κ3) is 5.18. The number of fused-ring (bicyclic) bond motifs is 1. The molecule has 7 nitrogen and oxygen atoms in total. The van der Waals surface area contributed by atoms with E-state index >= 15 is 0 Å². The molecule has 3 fully saturated rings. The number of aliphatic hydroxyl groups is 1. The van der Waals surface area contributed by atoms with Crippen molar-refractivity contribution in [1.82, 2.24) is 4.90 Å². The molecule has 39 heavy (non-hydrogen) atoms. The Hall–Kier alpha value is -2.58. The number of nitrogens with zero attached hydrogens (tertiary/aromatic N) is 2. The van der Waals surface area contributed by atoms with Gasteiger partial charge in [0, 0.05) is 30.1 Å². The number of aryl methyl sites for hydroxylation is 2. The monoisotopic (exact) mass is 554 g/mol. The molecule has 3 heterocycles. The van der Waals surface area contributed by atoms with Crippen molar-refractivity contribution in [2.75, 3.05) is 31.2 Å². The number of hydrogen-bond acceptors (Lipinski definition) is 6. The van der Waals surface area contributed by atoms with E-state index < -0.39 is 27.4 Å². The number of anilines is 1. The Morgan fingerprint density at radius 3 is 2.67 bits per heavy atom. The van der Waals surface area contributed by atoms with Crippen molar-refractivity contribution >= 4 is 35.2 Å². The van der Waals surface area contributed by atoms with Crippen LogP contribution in [-0.4, -0.2) is 69.6 Å². The number of benzene rings is 1. The second kappa shape index (κ2) is 11.9. The van der Waals surface area contributed by atoms with Crippen LogP contribution in [0.4, 0.5) is 5.69 Å². The maximum absolute atomic E-state index is 14.7. The fourth-order valence-electron chi connectivity index (χ4n) is 6.80. The van der Waals surface area contributed by atoms with E-state index in [4.69, 9.17) is 4.74 Å². The molecule has 0 aromatic heterocycles. The average molecular weight is 555 g/mol. The standard InChI is InChI=1S/C31H42N2O5S/c1-6-8-19-38-29(37)25-24-27(35)33(17-10-9-11-18-34)26(31(24)15-14-30(25,5)39-31)28(36)32(16-7-2)23-20-21(3)12-13-22(23)4/h6-7,12-13,20,24-26,34H,1-2,8-11,14-19H2,3-5H3/t24-,25-,26?,30+,31?/m0/s1. The van der Waals surface area contributed by atoms with Gasteiger partial charge in [0.15, 0.2) is 0 Å². The molecule has 8 heteroatoms. The van der Waals surface area contributed by atoms with Crippen molar-refractivity contribution < 1.29 is 24.2 Å². The molecule has 3 aliphatic rings. The molecule has 2 amide bonds. The number of ether oxygens (including phenoxy) is 1. The second-order valence-electron chi connectivity index (χ2n) is 11.3. The van der Waals surface area contributed by atoms with Gasteiger partial charge in [0.25, 0.3) is 5.91 Å². The van der Waals surface area contributed by atoms with Crippen LogP contribution in [0.2, 0.25) is 0 Å². The summed E-state index contributed by atoms with van der Waals surface area (Å²) >= 11 is 1.66. The molecule has 2 bridgehead atoms. The summed E-state index contributed by atoms with van der Waals surface area (Å²) in [7, 11) is 0. The van der Waals surface area contributed by atoms with E-state index in [2.05, 4.69) is 20.1 Å². The van der Waals surface area contributed by atoms with Crippen LogP contribution in [0.25, 0.3) is 0 Å². The van der Waals surface area contributed by atoms with Crippen LogP contribution in [0.15, 0.2) is 43.5 Å². The van der Waals surface area contributed by atoms with Crippen LogP contribution in [0, 0.1) is 25.7 Å². The Morgan fingerprint density at radius 2 is 1.97 bits per heavy atom. The van der Waals surface area contributed by atoms with E-state index in [0.717, 1.165) is 29.7 Å². The van der Waals surface area contributed by atoms with Crippen LogP contribution in [0.5, 0.6) is 0 Å². The first-order valence-electron chi connectivity index (χ1n) is 14.0. The zero-order valence-electron chi connectivity index (χ0n) is 23.5. The van der Waals surface area contributed by atoms with E-state index in [1.165, 1.54) is 0 Å². The molecule has 0 aliphatic carbocycles. The summed E-state index contributed by atoms with van der Waals surface area (Å²) in [5.41, 5.74) is 2.84. The molecule has 5 atom stereocenters. The highest BCUT2D eigenvalue weighted by Crippen LogP contribution is 2.71. The first-order chi connectivity index (χ1) is 18.6. The summed E-state index contributed by atoms with van der Waals surface area (Å²) in [4.78, 5) is 45.8. The zero-order chi connectivity index (χ0) is 28.4. The fraction of sp³-hybridized carbons (Fsp3) is 0.581. The maximum atomic E-state index is 14.7. The summed E-state index contributed by atoms with van der Waals surface area (Å²) in [5.74, 6) is -1.80. The van der Waals surface area contributed by atoms with Crippen molar-refractivity contribution in [1.29, 1.82) is 0 Å². The van der Waals surface area contributed by atoms with Gasteiger partial charge in [-0.15, -0.1) is 24.9 Å². The van der Waals surface area contributed by atoms with Gasteiger partial charge < -0.3 is 19.6 Å². The van der Waals surface area contributed by atoms with Crippen LogP contribution in [-0.2, 0) is 19.1 Å². The van der Waals surface area contributed by atoms with E-state index in [1.807, 2.05) is 32.0 Å². The van der Waals surface area contributed by atoms with Gasteiger partial charge in [-0.2, -0.15) is 0 Å². The highest BCUT2D eigenvalue weighted by atomic mass is 32.2. The number of rotatable bonds is 13. The van der Waals surface area contributed by atoms with Crippen LogP contribution >= 0.6 is 11.8 Å². The molecule has 3 saturated heterocycles. The summed E-state index contributed by atoms with van der Waals surface area (Å²) in [6.45, 7) is 14.7. The minimum atomic E-state index is -0.695. The number of thioether (sulfide) groups is 1. The van der Waals surface area contributed by atoms with Crippen molar-refractivity contribution in [3.8, 4) is 0 Å². The SMILES string of the molecule is C=CCCOC(=O)[C@@H]1[C@H]2C(=O)N(CCCCCO)C(C(=O)N(CC=C)c3cc(C)ccc3C)C23CC[C@@]1(C)S3. The fourth-order valence-corrected chi connectivity index (χ4v) is 9.14. The molecule has 212 valence electrons. The molecular weight excluding hydrogens is 512 g/mol. The summed E-state index contributed by atoms with van der Waals surface area (Å²) in [5, 5.41) is 9.27. The molecule has 4 rings (SSSR count). The van der Waals surface area contributed by atoms with E-state index in [9.17, 15) is 19.5 Å². The topological polar surface area (TPSA) is 87.1 Å². The highest BCUT2D eigenvalue weighted by molar-refractivity contribution is 8.02. The van der Waals surface area contributed by atoms with Gasteiger partial charge in [0.2, 0.25) is 5.91 Å². The number of likely N-dealkylation sites (tertiary alicyclic amines) is 1. The number of amides is 2. The Balaban J connectivity index is 1.76. The first-order valence-corrected chi connectivity index (χ1v) is 14.9. The van der Waals surface area contributed by atoms with Crippen molar-refractivity contribution in [2.45, 2.75) is 74.8 Å². The Morgan fingerprint density at radius 1 is 1.21 bits per heavy atom. The highest BCUT2D eigenvalue weighted by Gasteiger charge is 2.77. The molecule has 0 saturated carbocycles. The molecule has 2 unspecified atom stereocenters.